The number of ether oxygens (including phenoxy) is 1. The van der Waals surface area contributed by atoms with Gasteiger partial charge in [-0.1, -0.05) is 56.2 Å². The van der Waals surface area contributed by atoms with E-state index in [2.05, 4.69) is 10.0 Å². The first-order valence-electron chi connectivity index (χ1n) is 16.0. The monoisotopic (exact) mass is 597 g/mol. The lowest BCUT2D eigenvalue weighted by molar-refractivity contribution is -0.115. The number of phenolic OH excluding ortho intramolecular Hbond substituents is 1. The molecule has 0 spiro atoms. The van der Waals surface area contributed by atoms with Crippen LogP contribution in [0.25, 0.3) is 5.57 Å². The van der Waals surface area contributed by atoms with Crippen LogP contribution in [0.15, 0.2) is 52.3 Å². The number of amides is 1. The minimum atomic E-state index is -0.546. The summed E-state index contributed by atoms with van der Waals surface area (Å²) in [6, 6.07) is 9.28. The van der Waals surface area contributed by atoms with Gasteiger partial charge < -0.3 is 19.8 Å². The number of allylic oxidation sites excluding steroid dienone is 2. The van der Waals surface area contributed by atoms with Crippen LogP contribution >= 0.6 is 0 Å². The quantitative estimate of drug-likeness (QED) is 0.316. The summed E-state index contributed by atoms with van der Waals surface area (Å²) in [5.41, 5.74) is 4.35. The molecule has 0 saturated heterocycles. The van der Waals surface area contributed by atoms with Gasteiger partial charge in [0.15, 0.2) is 0 Å². The number of phenols is 1. The third kappa shape index (κ3) is 5.39. The van der Waals surface area contributed by atoms with E-state index in [1.165, 1.54) is 63.5 Å². The molecule has 44 heavy (non-hydrogen) atoms. The Hall–Kier alpha value is -4.07. The van der Waals surface area contributed by atoms with E-state index in [0.717, 1.165) is 47.8 Å². The Kier molecular flexibility index (Phi) is 8.27. The maximum atomic E-state index is 13.7. The first-order valence-corrected chi connectivity index (χ1v) is 16.0. The van der Waals surface area contributed by atoms with Crippen LogP contribution in [0.1, 0.15) is 80.0 Å². The van der Waals surface area contributed by atoms with E-state index >= 15 is 0 Å². The Balaban J connectivity index is 1.29. The number of aromatic hydroxyl groups is 1. The van der Waals surface area contributed by atoms with Gasteiger partial charge in [0, 0.05) is 30.4 Å². The molecule has 1 aliphatic heterocycles. The number of methoxy groups -OCH3 is 1. The Morgan fingerprint density at radius 2 is 1.52 bits per heavy atom. The predicted molar refractivity (Wildman–Crippen MR) is 173 cm³/mol. The Morgan fingerprint density at radius 3 is 2.11 bits per heavy atom. The summed E-state index contributed by atoms with van der Waals surface area (Å²) in [7, 11) is 1.38. The largest absolute Gasteiger partial charge is 0.507 e. The molecule has 2 N–H and O–H groups in total. The molecule has 2 aromatic carbocycles. The third-order valence-electron chi connectivity index (χ3n) is 9.88. The molecular formula is C36H43N3O5. The van der Waals surface area contributed by atoms with Crippen molar-refractivity contribution in [1.82, 2.24) is 0 Å². The van der Waals surface area contributed by atoms with Gasteiger partial charge in [0.1, 0.15) is 17.1 Å². The second-order valence-electron chi connectivity index (χ2n) is 13.0. The molecule has 2 saturated carbocycles. The number of aliphatic hydroxyl groups is 1. The molecule has 0 unspecified atom stereocenters. The maximum absolute atomic E-state index is 13.7. The minimum absolute atomic E-state index is 0.00533. The Morgan fingerprint density at radius 1 is 0.886 bits per heavy atom. The predicted octanol–water partition coefficient (Wildman–Crippen LogP) is 7.05. The highest BCUT2D eigenvalue weighted by atomic mass is 16.5. The van der Waals surface area contributed by atoms with E-state index in [1.807, 2.05) is 39.0 Å². The van der Waals surface area contributed by atoms with Crippen molar-refractivity contribution in [3.63, 3.8) is 0 Å². The van der Waals surface area contributed by atoms with Crippen molar-refractivity contribution in [1.29, 1.82) is 0 Å². The Labute approximate surface area is 259 Å². The van der Waals surface area contributed by atoms with Crippen LogP contribution in [0.5, 0.6) is 5.75 Å². The fourth-order valence-corrected chi connectivity index (χ4v) is 7.68. The number of hydrogen-bond donors (Lipinski definition) is 2. The molecule has 8 nitrogen and oxygen atoms in total. The zero-order valence-corrected chi connectivity index (χ0v) is 26.3. The molecular weight excluding hydrogens is 554 g/mol. The van der Waals surface area contributed by atoms with Crippen LogP contribution in [0.2, 0.25) is 0 Å². The number of carbonyl (C=O) groups excluding carboxylic acids is 2. The van der Waals surface area contributed by atoms with Crippen LogP contribution in [0.4, 0.5) is 11.4 Å². The summed E-state index contributed by atoms with van der Waals surface area (Å²) < 4.78 is 5.41. The maximum Gasteiger partial charge on any atom is 0.285 e. The number of rotatable bonds is 8. The van der Waals surface area contributed by atoms with Gasteiger partial charge in [0.05, 0.1) is 23.9 Å². The van der Waals surface area contributed by atoms with Gasteiger partial charge in [-0.2, -0.15) is 5.01 Å². The number of hydrogen-bond acceptors (Lipinski definition) is 7. The van der Waals surface area contributed by atoms with Gasteiger partial charge in [0.2, 0.25) is 11.7 Å². The zero-order chi connectivity index (χ0) is 31.1. The lowest BCUT2D eigenvalue weighted by Crippen LogP contribution is -2.31. The summed E-state index contributed by atoms with van der Waals surface area (Å²) in [6.07, 6.45) is 11.4. The molecule has 4 aliphatic rings. The van der Waals surface area contributed by atoms with Gasteiger partial charge >= 0.3 is 0 Å². The first kappa shape index (κ1) is 30.0. The van der Waals surface area contributed by atoms with Crippen molar-refractivity contribution in [3.05, 3.63) is 69.5 Å². The van der Waals surface area contributed by atoms with Crippen LogP contribution in [0.3, 0.4) is 0 Å². The SMILES string of the molecule is COC1=NN(c2c(C)cc(C)cc2C)C(=O)C1=C1C(=O)C(c2ccc(N(CCC3CCCC3)CC3CCCC3)cc2O)=C1O. The van der Waals surface area contributed by atoms with Crippen molar-refractivity contribution in [2.24, 2.45) is 16.9 Å². The molecule has 2 fully saturated rings. The van der Waals surface area contributed by atoms with E-state index in [-0.39, 0.29) is 39.7 Å². The van der Waals surface area contributed by atoms with Crippen molar-refractivity contribution >= 4 is 34.5 Å². The smallest absolute Gasteiger partial charge is 0.285 e. The van der Waals surface area contributed by atoms with Crippen LogP contribution in [-0.4, -0.2) is 48.0 Å². The van der Waals surface area contributed by atoms with E-state index in [9.17, 15) is 19.8 Å². The Bertz CT molecular complexity index is 1570. The summed E-state index contributed by atoms with van der Waals surface area (Å²) in [4.78, 5) is 29.6. The van der Waals surface area contributed by atoms with Gasteiger partial charge in [-0.15, -0.1) is 5.10 Å². The van der Waals surface area contributed by atoms with Crippen molar-refractivity contribution in [2.75, 3.05) is 30.1 Å². The average Bonchev–Trinajstić information content (AvgIpc) is 3.76. The highest BCUT2D eigenvalue weighted by Crippen LogP contribution is 2.44. The van der Waals surface area contributed by atoms with Crippen molar-refractivity contribution in [3.8, 4) is 5.75 Å². The average molecular weight is 598 g/mol. The fourth-order valence-electron chi connectivity index (χ4n) is 7.68. The molecule has 3 aliphatic carbocycles. The number of Topliss-reactive ketones (excluding diaryl/α,β-unsaturated/α-hetero) is 1. The first-order chi connectivity index (χ1) is 21.2. The molecule has 0 bridgehead atoms. The molecule has 8 heteroatoms. The summed E-state index contributed by atoms with van der Waals surface area (Å²) in [5.74, 6) is -0.0882. The number of carbonyl (C=O) groups is 2. The highest BCUT2D eigenvalue weighted by Gasteiger charge is 2.46. The lowest BCUT2D eigenvalue weighted by Gasteiger charge is -2.30. The molecule has 1 heterocycles. The van der Waals surface area contributed by atoms with Gasteiger partial charge in [-0.25, -0.2) is 0 Å². The number of ketones is 1. The molecule has 2 aromatic rings. The van der Waals surface area contributed by atoms with Crippen molar-refractivity contribution < 1.29 is 24.5 Å². The van der Waals surface area contributed by atoms with Crippen molar-refractivity contribution in [2.45, 2.75) is 78.6 Å². The summed E-state index contributed by atoms with van der Waals surface area (Å²) in [6.45, 7) is 7.69. The van der Waals surface area contributed by atoms with E-state index < -0.39 is 11.7 Å². The minimum Gasteiger partial charge on any atom is -0.507 e. The second kappa shape index (κ2) is 12.1. The number of hydrazone groups is 1. The number of nitrogens with zero attached hydrogens (tertiary/aromatic N) is 3. The summed E-state index contributed by atoms with van der Waals surface area (Å²) >= 11 is 0. The molecule has 6 rings (SSSR count). The van der Waals surface area contributed by atoms with E-state index in [1.54, 1.807) is 12.1 Å². The molecule has 1 amide bonds. The van der Waals surface area contributed by atoms with Gasteiger partial charge in [-0.3, -0.25) is 9.59 Å². The normalized spacial score (nSPS) is 21.0. The lowest BCUT2D eigenvalue weighted by atomic mass is 9.80. The number of aliphatic hydroxyl groups excluding tert-OH is 1. The third-order valence-corrected chi connectivity index (χ3v) is 9.88. The van der Waals surface area contributed by atoms with E-state index in [0.29, 0.717) is 11.6 Å². The number of benzene rings is 2. The second-order valence-corrected chi connectivity index (χ2v) is 13.0. The molecule has 0 aromatic heterocycles. The van der Waals surface area contributed by atoms with Crippen LogP contribution < -0.4 is 9.91 Å². The molecule has 0 radical (unpaired) electrons. The standard InChI is InChI=1S/C36H43N3O5/c1-21-17-22(2)32(23(3)18-21)39-36(43)31(35(37-39)44-4)30-33(41)29(34(30)42)27-14-13-26(19-28(27)40)38(20-25-11-7-8-12-25)16-15-24-9-5-6-10-24/h13-14,17-19,24-25,40-41H,5-12,15-16,20H2,1-4H3. The highest BCUT2D eigenvalue weighted by molar-refractivity contribution is 6.45. The van der Waals surface area contributed by atoms with Gasteiger partial charge in [0.25, 0.3) is 5.91 Å². The van der Waals surface area contributed by atoms with E-state index in [4.69, 9.17) is 4.74 Å². The van der Waals surface area contributed by atoms with Crippen LogP contribution in [-0.2, 0) is 14.3 Å². The zero-order valence-electron chi connectivity index (χ0n) is 26.3. The fraction of sp³-hybridized carbons (Fsp3) is 0.472. The topological polar surface area (TPSA) is 103 Å². The van der Waals surface area contributed by atoms with Gasteiger partial charge in [-0.05, 0) is 75.1 Å². The molecule has 0 atom stereocenters. The number of anilines is 2. The number of aryl methyl sites for hydroxylation is 3. The summed E-state index contributed by atoms with van der Waals surface area (Å²) in [5, 5.41) is 28.0. The van der Waals surface area contributed by atoms with Crippen LogP contribution in [0, 0.1) is 32.6 Å². The molecule has 232 valence electrons.